The zero-order valence-electron chi connectivity index (χ0n) is 8.77. The molecule has 0 fully saturated rings. The Morgan fingerprint density at radius 1 is 1.44 bits per heavy atom. The molecule has 2 nitrogen and oxygen atoms in total. The van der Waals surface area contributed by atoms with E-state index in [2.05, 4.69) is 32.4 Å². The molecule has 1 atom stereocenters. The summed E-state index contributed by atoms with van der Waals surface area (Å²) in [7, 11) is 0. The Labute approximate surface area is 108 Å². The van der Waals surface area contributed by atoms with Crippen LogP contribution in [0.4, 0.5) is 0 Å². The van der Waals surface area contributed by atoms with Crippen molar-refractivity contribution >= 4 is 27.3 Å². The van der Waals surface area contributed by atoms with Crippen molar-refractivity contribution in [3.63, 3.8) is 0 Å². The highest BCUT2D eigenvalue weighted by atomic mass is 79.9. The van der Waals surface area contributed by atoms with Gasteiger partial charge < -0.3 is 5.73 Å². The van der Waals surface area contributed by atoms with E-state index < -0.39 is 0 Å². The summed E-state index contributed by atoms with van der Waals surface area (Å²) in [5, 5.41) is 2.06. The lowest BCUT2D eigenvalue weighted by molar-refractivity contribution is 0.659. The number of pyridine rings is 1. The molecule has 0 radical (unpaired) electrons. The summed E-state index contributed by atoms with van der Waals surface area (Å²) in [5.74, 6) is 0. The van der Waals surface area contributed by atoms with E-state index in [1.807, 2.05) is 18.3 Å². The summed E-state index contributed by atoms with van der Waals surface area (Å²) in [5.41, 5.74) is 7.39. The highest BCUT2D eigenvalue weighted by Gasteiger charge is 2.11. The third-order valence-electron chi connectivity index (χ3n) is 2.45. The molecule has 0 saturated carbocycles. The Kier molecular flexibility index (Phi) is 4.09. The van der Waals surface area contributed by atoms with Crippen LogP contribution in [-0.2, 0) is 6.42 Å². The molecule has 2 aromatic rings. The topological polar surface area (TPSA) is 38.9 Å². The van der Waals surface area contributed by atoms with Crippen LogP contribution >= 0.6 is 27.3 Å². The van der Waals surface area contributed by atoms with Crippen LogP contribution in [0.15, 0.2) is 40.4 Å². The van der Waals surface area contributed by atoms with Gasteiger partial charge in [-0.1, -0.05) is 6.07 Å². The molecule has 0 aliphatic heterocycles. The highest BCUT2D eigenvalue weighted by molar-refractivity contribution is 9.10. The van der Waals surface area contributed by atoms with E-state index in [0.29, 0.717) is 0 Å². The minimum absolute atomic E-state index is 0.106. The second-order valence-corrected chi connectivity index (χ2v) is 5.44. The van der Waals surface area contributed by atoms with Gasteiger partial charge in [0.15, 0.2) is 0 Å². The Balaban J connectivity index is 1.94. The van der Waals surface area contributed by atoms with Gasteiger partial charge in [-0.2, -0.15) is 0 Å². The molecule has 0 aliphatic carbocycles. The molecule has 0 aliphatic rings. The molecule has 0 spiro atoms. The van der Waals surface area contributed by atoms with E-state index in [4.69, 9.17) is 5.73 Å². The van der Waals surface area contributed by atoms with Gasteiger partial charge >= 0.3 is 0 Å². The summed E-state index contributed by atoms with van der Waals surface area (Å²) < 4.78 is 1.12. The second-order valence-electron chi connectivity index (χ2n) is 3.64. The van der Waals surface area contributed by atoms with E-state index in [9.17, 15) is 0 Å². The minimum Gasteiger partial charge on any atom is -0.323 e. The number of hydrogen-bond acceptors (Lipinski definition) is 3. The van der Waals surface area contributed by atoms with Crippen molar-refractivity contribution in [3.05, 3.63) is 50.9 Å². The molecular formula is C12H13BrN2S. The molecule has 1 unspecified atom stereocenters. The van der Waals surface area contributed by atoms with Crippen molar-refractivity contribution in [1.82, 2.24) is 4.98 Å². The Hall–Kier alpha value is -0.710. The highest BCUT2D eigenvalue weighted by Crippen LogP contribution is 2.29. The number of thiophene rings is 1. The number of halogens is 1. The van der Waals surface area contributed by atoms with Crippen LogP contribution in [0.5, 0.6) is 0 Å². The number of aromatic nitrogens is 1. The molecule has 0 amide bonds. The Morgan fingerprint density at radius 3 is 2.94 bits per heavy atom. The molecule has 4 heteroatoms. The summed E-state index contributed by atoms with van der Waals surface area (Å²) in [6.45, 7) is 0. The van der Waals surface area contributed by atoms with Gasteiger partial charge in [-0.05, 0) is 51.8 Å². The standard InChI is InChI=1S/C12H13BrN2S/c13-10-5-7-16-12(10)11(14)4-3-9-2-1-6-15-8-9/h1-2,5-8,11H,3-4,14H2. The van der Waals surface area contributed by atoms with Gasteiger partial charge in [0.2, 0.25) is 0 Å². The van der Waals surface area contributed by atoms with Crippen LogP contribution in [0.2, 0.25) is 0 Å². The molecule has 16 heavy (non-hydrogen) atoms. The monoisotopic (exact) mass is 296 g/mol. The second kappa shape index (κ2) is 5.57. The van der Waals surface area contributed by atoms with E-state index in [-0.39, 0.29) is 6.04 Å². The maximum atomic E-state index is 6.15. The molecule has 2 rings (SSSR count). The van der Waals surface area contributed by atoms with Gasteiger partial charge in [0.05, 0.1) is 0 Å². The van der Waals surface area contributed by atoms with Crippen LogP contribution in [0.1, 0.15) is 22.9 Å². The largest absolute Gasteiger partial charge is 0.323 e. The number of nitrogens with zero attached hydrogens (tertiary/aromatic N) is 1. The van der Waals surface area contributed by atoms with Gasteiger partial charge in [0.25, 0.3) is 0 Å². The summed E-state index contributed by atoms with van der Waals surface area (Å²) in [6, 6.07) is 6.20. The smallest absolute Gasteiger partial charge is 0.0404 e. The first kappa shape index (κ1) is 11.8. The molecule has 2 N–H and O–H groups in total. The van der Waals surface area contributed by atoms with Crippen molar-refractivity contribution in [2.24, 2.45) is 5.73 Å². The van der Waals surface area contributed by atoms with Crippen molar-refractivity contribution in [3.8, 4) is 0 Å². The van der Waals surface area contributed by atoms with Gasteiger partial charge in [-0.25, -0.2) is 0 Å². The lowest BCUT2D eigenvalue weighted by Gasteiger charge is -2.10. The van der Waals surface area contributed by atoms with E-state index in [1.165, 1.54) is 10.4 Å². The molecule has 2 aromatic heterocycles. The first-order valence-corrected chi connectivity index (χ1v) is 6.82. The number of nitrogens with two attached hydrogens (primary N) is 1. The average Bonchev–Trinajstić information content (AvgIpc) is 2.74. The van der Waals surface area contributed by atoms with Crippen molar-refractivity contribution in [1.29, 1.82) is 0 Å². The zero-order chi connectivity index (χ0) is 11.4. The van der Waals surface area contributed by atoms with Crippen LogP contribution in [0, 0.1) is 0 Å². The SMILES string of the molecule is NC(CCc1cccnc1)c1sccc1Br. The third kappa shape index (κ3) is 2.90. The van der Waals surface area contributed by atoms with E-state index in [0.717, 1.165) is 17.3 Å². The molecule has 84 valence electrons. The normalized spacial score (nSPS) is 12.6. The minimum atomic E-state index is 0.106. The molecular weight excluding hydrogens is 284 g/mol. The van der Waals surface area contributed by atoms with Crippen molar-refractivity contribution in [2.45, 2.75) is 18.9 Å². The maximum absolute atomic E-state index is 6.15. The van der Waals surface area contributed by atoms with Crippen LogP contribution in [-0.4, -0.2) is 4.98 Å². The molecule has 0 saturated heterocycles. The summed E-state index contributed by atoms with van der Waals surface area (Å²) in [4.78, 5) is 5.32. The first-order valence-electron chi connectivity index (χ1n) is 5.15. The fourth-order valence-corrected chi connectivity index (χ4v) is 3.27. The lowest BCUT2D eigenvalue weighted by Crippen LogP contribution is -2.10. The average molecular weight is 297 g/mol. The quantitative estimate of drug-likeness (QED) is 0.937. The van der Waals surface area contributed by atoms with E-state index in [1.54, 1.807) is 17.5 Å². The van der Waals surface area contributed by atoms with Gasteiger partial charge in [0, 0.05) is 27.8 Å². The molecule has 0 bridgehead atoms. The number of rotatable bonds is 4. The van der Waals surface area contributed by atoms with Gasteiger partial charge in [-0.15, -0.1) is 11.3 Å². The van der Waals surface area contributed by atoms with Gasteiger partial charge in [-0.3, -0.25) is 4.98 Å². The predicted octanol–water partition coefficient (Wildman–Crippen LogP) is 3.54. The zero-order valence-corrected chi connectivity index (χ0v) is 11.2. The summed E-state index contributed by atoms with van der Waals surface area (Å²) >= 11 is 5.22. The third-order valence-corrected chi connectivity index (χ3v) is 4.45. The lowest BCUT2D eigenvalue weighted by atomic mass is 10.1. The molecule has 0 aromatic carbocycles. The van der Waals surface area contributed by atoms with Crippen molar-refractivity contribution < 1.29 is 0 Å². The van der Waals surface area contributed by atoms with Crippen LogP contribution in [0.25, 0.3) is 0 Å². The van der Waals surface area contributed by atoms with Crippen LogP contribution < -0.4 is 5.73 Å². The van der Waals surface area contributed by atoms with Crippen molar-refractivity contribution in [2.75, 3.05) is 0 Å². The Morgan fingerprint density at radius 2 is 2.31 bits per heavy atom. The summed E-state index contributed by atoms with van der Waals surface area (Å²) in [6.07, 6.45) is 5.61. The fraction of sp³-hybridized carbons (Fsp3) is 0.250. The fourth-order valence-electron chi connectivity index (χ4n) is 1.57. The van der Waals surface area contributed by atoms with Crippen LogP contribution in [0.3, 0.4) is 0 Å². The van der Waals surface area contributed by atoms with E-state index >= 15 is 0 Å². The Bertz CT molecular complexity index is 441. The van der Waals surface area contributed by atoms with Gasteiger partial charge in [0.1, 0.15) is 0 Å². The number of hydrogen-bond donors (Lipinski definition) is 1. The first-order chi connectivity index (χ1) is 7.77. The number of aryl methyl sites for hydroxylation is 1. The molecule has 2 heterocycles. The predicted molar refractivity (Wildman–Crippen MR) is 71.5 cm³/mol. The maximum Gasteiger partial charge on any atom is 0.0404 e.